The third kappa shape index (κ3) is 4.46. The molecule has 2 heteroatoms. The summed E-state index contributed by atoms with van der Waals surface area (Å²) in [6.45, 7) is 0.339. The largest absolute Gasteiger partial charge is 0.396 e. The van der Waals surface area contributed by atoms with Crippen molar-refractivity contribution in [2.24, 2.45) is 17.3 Å². The highest BCUT2D eigenvalue weighted by Crippen LogP contribution is 2.38. The minimum atomic E-state index is -0.189. The van der Waals surface area contributed by atoms with Gasteiger partial charge in [-0.15, -0.1) is 0 Å². The van der Waals surface area contributed by atoms with Gasteiger partial charge in [-0.1, -0.05) is 51.4 Å². The maximum Gasteiger partial charge on any atom is 0.0509 e. The standard InChI is InChI=1S/C17H32O2/c18-13-17(14-19,11-9-15-5-1-2-6-15)12-10-16-7-3-4-8-16/h15-16,18-19H,1-14H2. The summed E-state index contributed by atoms with van der Waals surface area (Å²) in [5.41, 5.74) is -0.189. The van der Waals surface area contributed by atoms with Gasteiger partial charge < -0.3 is 10.2 Å². The van der Waals surface area contributed by atoms with Gasteiger partial charge in [0.25, 0.3) is 0 Å². The fourth-order valence-electron chi connectivity index (χ4n) is 4.11. The lowest BCUT2D eigenvalue weighted by Crippen LogP contribution is -2.31. The van der Waals surface area contributed by atoms with E-state index in [-0.39, 0.29) is 18.6 Å². The Morgan fingerprint density at radius 3 is 1.37 bits per heavy atom. The van der Waals surface area contributed by atoms with Crippen LogP contribution in [0.15, 0.2) is 0 Å². The van der Waals surface area contributed by atoms with E-state index in [9.17, 15) is 10.2 Å². The van der Waals surface area contributed by atoms with Gasteiger partial charge in [-0.05, 0) is 37.5 Å². The van der Waals surface area contributed by atoms with E-state index < -0.39 is 0 Å². The van der Waals surface area contributed by atoms with Crippen LogP contribution in [0, 0.1) is 17.3 Å². The fraction of sp³-hybridized carbons (Fsp3) is 1.00. The van der Waals surface area contributed by atoms with Crippen LogP contribution in [0.4, 0.5) is 0 Å². The lowest BCUT2D eigenvalue weighted by molar-refractivity contribution is 0.0295. The molecule has 0 bridgehead atoms. The van der Waals surface area contributed by atoms with E-state index in [1.807, 2.05) is 0 Å². The van der Waals surface area contributed by atoms with Crippen LogP contribution < -0.4 is 0 Å². The Hall–Kier alpha value is -0.0800. The van der Waals surface area contributed by atoms with Crippen LogP contribution in [-0.2, 0) is 0 Å². The van der Waals surface area contributed by atoms with Gasteiger partial charge in [-0.25, -0.2) is 0 Å². The second-order valence-corrected chi connectivity index (χ2v) is 7.19. The number of hydrogen-bond acceptors (Lipinski definition) is 2. The van der Waals surface area contributed by atoms with Gasteiger partial charge in [0.2, 0.25) is 0 Å². The molecule has 0 radical (unpaired) electrons. The Morgan fingerprint density at radius 2 is 1.05 bits per heavy atom. The first-order chi connectivity index (χ1) is 9.28. The topological polar surface area (TPSA) is 40.5 Å². The molecular weight excluding hydrogens is 236 g/mol. The van der Waals surface area contributed by atoms with Gasteiger partial charge in [0.15, 0.2) is 0 Å². The molecule has 2 aliphatic rings. The van der Waals surface area contributed by atoms with Crippen LogP contribution in [0.5, 0.6) is 0 Å². The second-order valence-electron chi connectivity index (χ2n) is 7.19. The fourth-order valence-corrected chi connectivity index (χ4v) is 4.11. The van der Waals surface area contributed by atoms with E-state index in [1.54, 1.807) is 0 Å². The Morgan fingerprint density at radius 1 is 0.684 bits per heavy atom. The maximum atomic E-state index is 9.76. The van der Waals surface area contributed by atoms with Crippen molar-refractivity contribution >= 4 is 0 Å². The van der Waals surface area contributed by atoms with Crippen LogP contribution in [0.25, 0.3) is 0 Å². The summed E-state index contributed by atoms with van der Waals surface area (Å²) >= 11 is 0. The highest BCUT2D eigenvalue weighted by atomic mass is 16.3. The molecule has 2 aliphatic carbocycles. The molecule has 0 heterocycles. The zero-order valence-corrected chi connectivity index (χ0v) is 12.4. The zero-order chi connectivity index (χ0) is 13.6. The van der Waals surface area contributed by atoms with Crippen molar-refractivity contribution in [3.05, 3.63) is 0 Å². The first kappa shape index (κ1) is 15.3. The number of hydrogen-bond donors (Lipinski definition) is 2. The monoisotopic (exact) mass is 268 g/mol. The van der Waals surface area contributed by atoms with Crippen molar-refractivity contribution in [3.8, 4) is 0 Å². The smallest absolute Gasteiger partial charge is 0.0509 e. The molecule has 2 rings (SSSR count). The molecule has 19 heavy (non-hydrogen) atoms. The average Bonchev–Trinajstić information content (AvgIpc) is 3.13. The predicted octanol–water partition coefficient (Wildman–Crippen LogP) is 3.90. The number of aliphatic hydroxyl groups excluding tert-OH is 2. The normalized spacial score (nSPS) is 22.4. The Kier molecular flexibility index (Phi) is 6.15. The number of aliphatic hydroxyl groups is 2. The van der Waals surface area contributed by atoms with Crippen molar-refractivity contribution in [1.29, 1.82) is 0 Å². The van der Waals surface area contributed by atoms with E-state index in [4.69, 9.17) is 0 Å². The summed E-state index contributed by atoms with van der Waals surface area (Å²) in [6, 6.07) is 0. The lowest BCUT2D eigenvalue weighted by Gasteiger charge is -2.32. The van der Waals surface area contributed by atoms with E-state index in [1.165, 1.54) is 64.2 Å². The maximum absolute atomic E-state index is 9.76. The molecule has 2 fully saturated rings. The molecule has 0 amide bonds. The van der Waals surface area contributed by atoms with Crippen LogP contribution >= 0.6 is 0 Å². The van der Waals surface area contributed by atoms with E-state index in [0.717, 1.165) is 24.7 Å². The molecule has 112 valence electrons. The van der Waals surface area contributed by atoms with Crippen LogP contribution in [0.2, 0.25) is 0 Å². The van der Waals surface area contributed by atoms with Gasteiger partial charge in [0.1, 0.15) is 0 Å². The van der Waals surface area contributed by atoms with Crippen molar-refractivity contribution < 1.29 is 10.2 Å². The second kappa shape index (κ2) is 7.64. The summed E-state index contributed by atoms with van der Waals surface area (Å²) < 4.78 is 0. The molecule has 2 nitrogen and oxygen atoms in total. The third-order valence-electron chi connectivity index (χ3n) is 5.79. The molecular formula is C17H32O2. The molecule has 0 aliphatic heterocycles. The molecule has 0 aromatic rings. The van der Waals surface area contributed by atoms with Crippen LogP contribution in [-0.4, -0.2) is 23.4 Å². The van der Waals surface area contributed by atoms with Gasteiger partial charge in [0, 0.05) is 5.41 Å². The highest BCUT2D eigenvalue weighted by Gasteiger charge is 2.31. The van der Waals surface area contributed by atoms with Gasteiger partial charge >= 0.3 is 0 Å². The average molecular weight is 268 g/mol. The first-order valence-electron chi connectivity index (χ1n) is 8.50. The van der Waals surface area contributed by atoms with Crippen molar-refractivity contribution in [2.45, 2.75) is 77.0 Å². The quantitative estimate of drug-likeness (QED) is 0.701. The Bertz CT molecular complexity index is 214. The Labute approximate surface area is 118 Å². The molecule has 2 saturated carbocycles. The van der Waals surface area contributed by atoms with Crippen molar-refractivity contribution in [3.63, 3.8) is 0 Å². The molecule has 0 atom stereocenters. The minimum absolute atomic E-state index is 0.170. The van der Waals surface area contributed by atoms with Gasteiger partial charge in [-0.3, -0.25) is 0 Å². The van der Waals surface area contributed by atoms with Crippen molar-refractivity contribution in [1.82, 2.24) is 0 Å². The molecule has 0 aromatic carbocycles. The lowest BCUT2D eigenvalue weighted by atomic mass is 9.76. The third-order valence-corrected chi connectivity index (χ3v) is 5.79. The highest BCUT2D eigenvalue weighted by molar-refractivity contribution is 4.82. The summed E-state index contributed by atoms with van der Waals surface area (Å²) in [6.07, 6.45) is 15.5. The van der Waals surface area contributed by atoms with Crippen LogP contribution in [0.1, 0.15) is 77.0 Å². The molecule has 0 aromatic heterocycles. The van der Waals surface area contributed by atoms with Crippen molar-refractivity contribution in [2.75, 3.05) is 13.2 Å². The van der Waals surface area contributed by atoms with E-state index in [2.05, 4.69) is 0 Å². The zero-order valence-electron chi connectivity index (χ0n) is 12.4. The summed E-state index contributed by atoms with van der Waals surface area (Å²) in [7, 11) is 0. The van der Waals surface area contributed by atoms with Gasteiger partial charge in [-0.2, -0.15) is 0 Å². The SMILES string of the molecule is OCC(CO)(CCC1CCCC1)CCC1CCCC1. The van der Waals surface area contributed by atoms with E-state index in [0.29, 0.717) is 0 Å². The van der Waals surface area contributed by atoms with Gasteiger partial charge in [0.05, 0.1) is 13.2 Å². The molecule has 0 spiro atoms. The predicted molar refractivity (Wildman–Crippen MR) is 79.0 cm³/mol. The summed E-state index contributed by atoms with van der Waals surface area (Å²) in [5, 5.41) is 19.5. The minimum Gasteiger partial charge on any atom is -0.396 e. The first-order valence-corrected chi connectivity index (χ1v) is 8.50. The summed E-state index contributed by atoms with van der Waals surface area (Å²) in [5.74, 6) is 1.73. The molecule has 0 unspecified atom stereocenters. The number of rotatable bonds is 8. The summed E-state index contributed by atoms with van der Waals surface area (Å²) in [4.78, 5) is 0. The molecule has 2 N–H and O–H groups in total. The molecule has 0 saturated heterocycles. The van der Waals surface area contributed by atoms with E-state index >= 15 is 0 Å². The van der Waals surface area contributed by atoms with Crippen LogP contribution in [0.3, 0.4) is 0 Å². The Balaban J connectivity index is 1.77.